The van der Waals surface area contributed by atoms with Crippen molar-refractivity contribution in [3.8, 4) is 5.75 Å². The van der Waals surface area contributed by atoms with Crippen LogP contribution in [0, 0.1) is 0 Å². The van der Waals surface area contributed by atoms with Crippen LogP contribution in [-0.2, 0) is 9.53 Å². The molecule has 1 aliphatic heterocycles. The van der Waals surface area contributed by atoms with E-state index in [4.69, 9.17) is 4.74 Å². The van der Waals surface area contributed by atoms with Gasteiger partial charge in [0.05, 0.1) is 23.2 Å². The zero-order valence-corrected chi connectivity index (χ0v) is 16.3. The fourth-order valence-corrected chi connectivity index (χ4v) is 3.49. The summed E-state index contributed by atoms with van der Waals surface area (Å²) in [6.07, 6.45) is 1.51. The number of rotatable bonds is 4. The molecule has 0 aliphatic carbocycles. The van der Waals surface area contributed by atoms with Gasteiger partial charge in [-0.2, -0.15) is 0 Å². The predicted molar refractivity (Wildman–Crippen MR) is 104 cm³/mol. The number of fused-ring (bicyclic) bond motifs is 1. The lowest BCUT2D eigenvalue weighted by Gasteiger charge is -2.29. The first kappa shape index (κ1) is 19.0. The number of aromatic amines is 1. The highest BCUT2D eigenvalue weighted by Crippen LogP contribution is 2.40. The summed E-state index contributed by atoms with van der Waals surface area (Å²) < 4.78 is 5.41. The van der Waals surface area contributed by atoms with E-state index in [1.165, 1.54) is 23.9 Å². The molecule has 2 heterocycles. The molecule has 7 nitrogen and oxygen atoms in total. The molecule has 1 unspecified atom stereocenters. The third kappa shape index (κ3) is 3.71. The van der Waals surface area contributed by atoms with Gasteiger partial charge in [0, 0.05) is 5.70 Å². The van der Waals surface area contributed by atoms with Gasteiger partial charge in [0.15, 0.2) is 5.16 Å². The van der Waals surface area contributed by atoms with E-state index in [2.05, 4.69) is 15.3 Å². The Morgan fingerprint density at radius 3 is 2.74 bits per heavy atom. The molecule has 1 aromatic heterocycles. The quantitative estimate of drug-likeness (QED) is 0.421. The summed E-state index contributed by atoms with van der Waals surface area (Å²) in [6, 6.07) is 6.51. The van der Waals surface area contributed by atoms with E-state index in [-0.39, 0.29) is 17.4 Å². The number of phenols is 1. The topological polar surface area (TPSA) is 104 Å². The molecule has 1 aliphatic rings. The van der Waals surface area contributed by atoms with E-state index in [0.717, 1.165) is 0 Å². The third-order valence-electron chi connectivity index (χ3n) is 4.18. The highest BCUT2D eigenvalue weighted by molar-refractivity contribution is 7.98. The normalized spacial score (nSPS) is 16.1. The molecule has 0 saturated heterocycles. The smallest absolute Gasteiger partial charge is 0.337 e. The minimum absolute atomic E-state index is 0.0481. The number of ether oxygens (including phenoxy) is 1. The van der Waals surface area contributed by atoms with Gasteiger partial charge in [-0.1, -0.05) is 23.9 Å². The number of benzene rings is 1. The van der Waals surface area contributed by atoms with Crippen molar-refractivity contribution in [1.29, 1.82) is 0 Å². The van der Waals surface area contributed by atoms with Crippen LogP contribution in [0.4, 0.5) is 5.82 Å². The Balaban J connectivity index is 2.25. The second kappa shape index (κ2) is 7.48. The molecule has 0 saturated carbocycles. The van der Waals surface area contributed by atoms with Crippen molar-refractivity contribution >= 4 is 23.5 Å². The van der Waals surface area contributed by atoms with Crippen LogP contribution >= 0.6 is 11.8 Å². The summed E-state index contributed by atoms with van der Waals surface area (Å²) in [5.41, 5.74) is 1.47. The van der Waals surface area contributed by atoms with E-state index >= 15 is 0 Å². The first-order valence-corrected chi connectivity index (χ1v) is 9.70. The summed E-state index contributed by atoms with van der Waals surface area (Å²) in [7, 11) is 0. The number of phenolic OH excluding ortho intramolecular Hbond substituents is 1. The minimum Gasteiger partial charge on any atom is -0.508 e. The lowest BCUT2D eigenvalue weighted by atomic mass is 9.82. The lowest BCUT2D eigenvalue weighted by molar-refractivity contribution is -0.143. The number of nitrogens with one attached hydrogen (secondary N) is 2. The zero-order chi connectivity index (χ0) is 19.7. The second-order valence-electron chi connectivity index (χ2n) is 6.48. The van der Waals surface area contributed by atoms with Gasteiger partial charge in [0.25, 0.3) is 5.56 Å². The molecule has 0 fully saturated rings. The molecular weight excluding hydrogens is 366 g/mol. The van der Waals surface area contributed by atoms with Crippen LogP contribution < -0.4 is 10.9 Å². The van der Waals surface area contributed by atoms with Crippen molar-refractivity contribution in [1.82, 2.24) is 9.97 Å². The van der Waals surface area contributed by atoms with Gasteiger partial charge in [-0.3, -0.25) is 4.79 Å². The van der Waals surface area contributed by atoms with E-state index in [1.54, 1.807) is 32.9 Å². The van der Waals surface area contributed by atoms with Crippen molar-refractivity contribution in [2.75, 3.05) is 11.6 Å². The maximum absolute atomic E-state index is 12.8. The predicted octanol–water partition coefficient (Wildman–Crippen LogP) is 2.98. The molecule has 1 atom stereocenters. The highest BCUT2D eigenvalue weighted by atomic mass is 32.2. The van der Waals surface area contributed by atoms with E-state index in [9.17, 15) is 14.7 Å². The van der Waals surface area contributed by atoms with Gasteiger partial charge in [-0.25, -0.2) is 9.78 Å². The highest BCUT2D eigenvalue weighted by Gasteiger charge is 2.36. The maximum Gasteiger partial charge on any atom is 0.337 e. The van der Waals surface area contributed by atoms with Crippen molar-refractivity contribution in [3.63, 3.8) is 0 Å². The molecule has 3 N–H and O–H groups in total. The summed E-state index contributed by atoms with van der Waals surface area (Å²) in [5.74, 6) is -0.768. The van der Waals surface area contributed by atoms with Crippen molar-refractivity contribution < 1.29 is 14.6 Å². The number of esters is 1. The third-order valence-corrected chi connectivity index (χ3v) is 4.76. The Labute approximate surface area is 160 Å². The zero-order valence-electron chi connectivity index (χ0n) is 15.5. The van der Waals surface area contributed by atoms with Gasteiger partial charge >= 0.3 is 5.97 Å². The number of aromatic nitrogens is 2. The number of allylic oxidation sites excluding steroid dienone is 1. The van der Waals surface area contributed by atoms with Crippen molar-refractivity contribution in [3.05, 3.63) is 57.0 Å². The van der Waals surface area contributed by atoms with Crippen LogP contribution in [0.5, 0.6) is 5.75 Å². The fraction of sp³-hybridized carbons (Fsp3) is 0.316. The van der Waals surface area contributed by atoms with Gasteiger partial charge in [0.1, 0.15) is 11.6 Å². The fourth-order valence-electron chi connectivity index (χ4n) is 3.11. The standard InChI is InChI=1S/C19H21N3O4S/c1-9(2)26-18(25)13-10(3)20-16-15(17(24)22-19(21-16)27-4)14(13)11-6-5-7-12(23)8-11/h5-9,14,23H,1-4H3,(H2,20,21,22,24). The molecule has 0 amide bonds. The van der Waals surface area contributed by atoms with Crippen molar-refractivity contribution in [2.24, 2.45) is 0 Å². The summed E-state index contributed by atoms with van der Waals surface area (Å²) in [4.78, 5) is 32.8. The molecule has 27 heavy (non-hydrogen) atoms. The van der Waals surface area contributed by atoms with Crippen LogP contribution in [0.3, 0.4) is 0 Å². The van der Waals surface area contributed by atoms with Crippen LogP contribution in [-0.4, -0.2) is 33.4 Å². The summed E-state index contributed by atoms with van der Waals surface area (Å²) in [5, 5.41) is 13.5. The molecular formula is C19H21N3O4S. The van der Waals surface area contributed by atoms with Gasteiger partial charge < -0.3 is 20.1 Å². The number of anilines is 1. The van der Waals surface area contributed by atoms with Crippen LogP contribution in [0.25, 0.3) is 0 Å². The number of carbonyl (C=O) groups is 1. The van der Waals surface area contributed by atoms with E-state index in [1.807, 2.05) is 6.26 Å². The van der Waals surface area contributed by atoms with E-state index < -0.39 is 11.9 Å². The average molecular weight is 387 g/mol. The first-order chi connectivity index (χ1) is 12.8. The molecule has 1 aromatic carbocycles. The monoisotopic (exact) mass is 387 g/mol. The molecule has 142 valence electrons. The molecule has 2 aromatic rings. The lowest BCUT2D eigenvalue weighted by Crippen LogP contribution is -2.31. The number of nitrogens with zero attached hydrogens (tertiary/aromatic N) is 1. The Hall–Kier alpha value is -2.74. The van der Waals surface area contributed by atoms with Crippen LogP contribution in [0.1, 0.15) is 37.8 Å². The van der Waals surface area contributed by atoms with Crippen LogP contribution in [0.2, 0.25) is 0 Å². The summed E-state index contributed by atoms with van der Waals surface area (Å²) in [6.45, 7) is 5.28. The maximum atomic E-state index is 12.8. The van der Waals surface area contributed by atoms with Gasteiger partial charge in [0.2, 0.25) is 0 Å². The number of thioether (sulfide) groups is 1. The Kier molecular flexibility index (Phi) is 5.27. The molecule has 0 bridgehead atoms. The van der Waals surface area contributed by atoms with Gasteiger partial charge in [-0.05, 0) is 44.7 Å². The average Bonchev–Trinajstić information content (AvgIpc) is 2.59. The number of aromatic hydroxyl groups is 1. The molecule has 8 heteroatoms. The Morgan fingerprint density at radius 2 is 2.11 bits per heavy atom. The van der Waals surface area contributed by atoms with Crippen molar-refractivity contribution in [2.45, 2.75) is 37.9 Å². The van der Waals surface area contributed by atoms with E-state index in [0.29, 0.717) is 33.4 Å². The largest absolute Gasteiger partial charge is 0.508 e. The van der Waals surface area contributed by atoms with Gasteiger partial charge in [-0.15, -0.1) is 0 Å². The Bertz CT molecular complexity index is 981. The van der Waals surface area contributed by atoms with Crippen LogP contribution in [0.15, 0.2) is 45.5 Å². The number of hydrogen-bond donors (Lipinski definition) is 3. The number of hydrogen-bond acceptors (Lipinski definition) is 7. The first-order valence-electron chi connectivity index (χ1n) is 8.47. The molecule has 0 spiro atoms. The molecule has 3 rings (SSSR count). The number of carbonyl (C=O) groups excluding carboxylic acids is 1. The Morgan fingerprint density at radius 1 is 1.37 bits per heavy atom. The second-order valence-corrected chi connectivity index (χ2v) is 7.28. The number of H-pyrrole nitrogens is 1. The minimum atomic E-state index is -0.702. The molecule has 0 radical (unpaired) electrons. The summed E-state index contributed by atoms with van der Waals surface area (Å²) >= 11 is 1.32. The SMILES string of the molecule is CSc1nc2c(c(=O)[nH]1)C(c1cccc(O)c1)C(C(=O)OC(C)C)=C(C)N2.